The average molecular weight is 333 g/mol. The molecule has 114 valence electrons. The van der Waals surface area contributed by atoms with E-state index in [9.17, 15) is 13.6 Å². The van der Waals surface area contributed by atoms with E-state index in [0.29, 0.717) is 16.3 Å². The second kappa shape index (κ2) is 6.23. The molecule has 0 radical (unpaired) electrons. The van der Waals surface area contributed by atoms with E-state index in [1.165, 1.54) is 0 Å². The third-order valence-electron chi connectivity index (χ3n) is 3.60. The first kappa shape index (κ1) is 16.1. The van der Waals surface area contributed by atoms with Gasteiger partial charge < -0.3 is 11.1 Å². The van der Waals surface area contributed by atoms with Gasteiger partial charge in [-0.25, -0.2) is 8.78 Å². The number of anilines is 1. The Kier molecular flexibility index (Phi) is 4.78. The number of thiocarbonyl (C=S) groups is 1. The summed E-state index contributed by atoms with van der Waals surface area (Å²) in [6.45, 7) is 0. The molecule has 7 heteroatoms. The van der Waals surface area contributed by atoms with Crippen LogP contribution in [0.5, 0.6) is 0 Å². The van der Waals surface area contributed by atoms with Gasteiger partial charge >= 0.3 is 0 Å². The fourth-order valence-electron chi connectivity index (χ4n) is 2.31. The summed E-state index contributed by atoms with van der Waals surface area (Å²) >= 11 is 10.9. The SMILES string of the molecule is NC(=S)c1ccc(Cl)c(NC(=O)C2CCC(F)(F)CC2)c1. The molecule has 1 fully saturated rings. The summed E-state index contributed by atoms with van der Waals surface area (Å²) in [7, 11) is 0. The molecule has 21 heavy (non-hydrogen) atoms. The number of hydrogen-bond donors (Lipinski definition) is 2. The van der Waals surface area contributed by atoms with Gasteiger partial charge in [0.2, 0.25) is 11.8 Å². The van der Waals surface area contributed by atoms with Crippen molar-refractivity contribution in [1.82, 2.24) is 0 Å². The van der Waals surface area contributed by atoms with E-state index in [2.05, 4.69) is 5.32 Å². The van der Waals surface area contributed by atoms with Crippen molar-refractivity contribution in [2.75, 3.05) is 5.32 Å². The minimum Gasteiger partial charge on any atom is -0.389 e. The molecule has 0 heterocycles. The first-order chi connectivity index (χ1) is 9.78. The highest BCUT2D eigenvalue weighted by Gasteiger charge is 2.37. The molecule has 0 saturated heterocycles. The maximum Gasteiger partial charge on any atom is 0.248 e. The molecular weight excluding hydrogens is 318 g/mol. The predicted molar refractivity (Wildman–Crippen MR) is 82.9 cm³/mol. The lowest BCUT2D eigenvalue weighted by Crippen LogP contribution is -2.31. The van der Waals surface area contributed by atoms with Gasteiger partial charge in [-0.05, 0) is 25.0 Å². The number of rotatable bonds is 3. The number of carbonyl (C=O) groups is 1. The molecule has 3 nitrogen and oxygen atoms in total. The zero-order valence-corrected chi connectivity index (χ0v) is 12.7. The van der Waals surface area contributed by atoms with Crippen LogP contribution in [0.1, 0.15) is 31.2 Å². The molecule has 0 unspecified atom stereocenters. The van der Waals surface area contributed by atoms with Gasteiger partial charge in [0, 0.05) is 24.3 Å². The summed E-state index contributed by atoms with van der Waals surface area (Å²) < 4.78 is 26.2. The van der Waals surface area contributed by atoms with E-state index in [1.807, 2.05) is 0 Å². The van der Waals surface area contributed by atoms with Crippen LogP contribution in [0.25, 0.3) is 0 Å². The summed E-state index contributed by atoms with van der Waals surface area (Å²) in [6, 6.07) is 4.82. The lowest BCUT2D eigenvalue weighted by molar-refractivity contribution is -0.124. The Bertz CT molecular complexity index is 570. The molecule has 1 saturated carbocycles. The topological polar surface area (TPSA) is 55.1 Å². The molecule has 0 bridgehead atoms. The van der Waals surface area contributed by atoms with Crippen LogP contribution >= 0.6 is 23.8 Å². The smallest absolute Gasteiger partial charge is 0.248 e. The van der Waals surface area contributed by atoms with Gasteiger partial charge in [-0.3, -0.25) is 4.79 Å². The van der Waals surface area contributed by atoms with Crippen LogP contribution in [-0.2, 0) is 4.79 Å². The van der Waals surface area contributed by atoms with Crippen LogP contribution < -0.4 is 11.1 Å². The average Bonchev–Trinajstić information content (AvgIpc) is 2.40. The Hall–Kier alpha value is -1.27. The number of nitrogens with two attached hydrogens (primary N) is 1. The molecule has 0 spiro atoms. The molecule has 2 rings (SSSR count). The highest BCUT2D eigenvalue weighted by molar-refractivity contribution is 7.80. The van der Waals surface area contributed by atoms with Crippen molar-refractivity contribution in [3.05, 3.63) is 28.8 Å². The molecular formula is C14H15ClF2N2OS. The molecule has 1 aromatic carbocycles. The molecule has 0 aliphatic heterocycles. The van der Waals surface area contributed by atoms with Crippen molar-refractivity contribution in [3.8, 4) is 0 Å². The van der Waals surface area contributed by atoms with E-state index in [-0.39, 0.29) is 36.6 Å². The van der Waals surface area contributed by atoms with E-state index < -0.39 is 11.8 Å². The largest absolute Gasteiger partial charge is 0.389 e. The van der Waals surface area contributed by atoms with Gasteiger partial charge in [-0.2, -0.15) is 0 Å². The number of halogens is 3. The quantitative estimate of drug-likeness (QED) is 0.829. The Morgan fingerprint density at radius 1 is 1.38 bits per heavy atom. The first-order valence-corrected chi connectivity index (χ1v) is 7.35. The van der Waals surface area contributed by atoms with Gasteiger partial charge in [0.25, 0.3) is 0 Å². The van der Waals surface area contributed by atoms with Crippen LogP contribution in [0.3, 0.4) is 0 Å². The molecule has 1 aromatic rings. The number of alkyl halides is 2. The van der Waals surface area contributed by atoms with Gasteiger partial charge in [0.15, 0.2) is 0 Å². The summed E-state index contributed by atoms with van der Waals surface area (Å²) in [5, 5.41) is 3.02. The van der Waals surface area contributed by atoms with Crippen LogP contribution in [0, 0.1) is 5.92 Å². The highest BCUT2D eigenvalue weighted by Crippen LogP contribution is 2.36. The van der Waals surface area contributed by atoms with Crippen LogP contribution in [0.2, 0.25) is 5.02 Å². The van der Waals surface area contributed by atoms with E-state index >= 15 is 0 Å². The van der Waals surface area contributed by atoms with Crippen molar-refractivity contribution >= 4 is 40.4 Å². The van der Waals surface area contributed by atoms with Crippen molar-refractivity contribution < 1.29 is 13.6 Å². The maximum atomic E-state index is 13.1. The highest BCUT2D eigenvalue weighted by atomic mass is 35.5. The Morgan fingerprint density at radius 2 is 2.00 bits per heavy atom. The fourth-order valence-corrected chi connectivity index (χ4v) is 2.60. The summed E-state index contributed by atoms with van der Waals surface area (Å²) in [5.41, 5.74) is 6.50. The van der Waals surface area contributed by atoms with Crippen LogP contribution in [0.15, 0.2) is 18.2 Å². The number of nitrogens with one attached hydrogen (secondary N) is 1. The van der Waals surface area contributed by atoms with Crippen molar-refractivity contribution in [2.24, 2.45) is 11.7 Å². The number of benzene rings is 1. The number of carbonyl (C=O) groups excluding carboxylic acids is 1. The predicted octanol–water partition coefficient (Wildman–Crippen LogP) is 3.74. The fraction of sp³-hybridized carbons (Fsp3) is 0.429. The zero-order valence-electron chi connectivity index (χ0n) is 11.2. The number of amides is 1. The van der Waals surface area contributed by atoms with Gasteiger partial charge in [-0.1, -0.05) is 29.9 Å². The van der Waals surface area contributed by atoms with Gasteiger partial charge in [0.1, 0.15) is 4.99 Å². The lowest BCUT2D eigenvalue weighted by atomic mass is 9.86. The molecule has 1 aliphatic rings. The molecule has 3 N–H and O–H groups in total. The molecule has 1 amide bonds. The van der Waals surface area contributed by atoms with E-state index in [0.717, 1.165) is 0 Å². The first-order valence-electron chi connectivity index (χ1n) is 6.56. The normalized spacial score (nSPS) is 18.2. The molecule has 1 aliphatic carbocycles. The van der Waals surface area contributed by atoms with Crippen molar-refractivity contribution in [1.29, 1.82) is 0 Å². The van der Waals surface area contributed by atoms with Crippen LogP contribution in [0.4, 0.5) is 14.5 Å². The van der Waals surface area contributed by atoms with Crippen molar-refractivity contribution in [2.45, 2.75) is 31.6 Å². The summed E-state index contributed by atoms with van der Waals surface area (Å²) in [5.74, 6) is -3.37. The standard InChI is InChI=1S/C14H15ClF2N2OS/c15-10-2-1-9(12(18)21)7-11(10)19-13(20)8-3-5-14(16,17)6-4-8/h1-2,7-8H,3-6H2,(H2,18,21)(H,19,20). The second-order valence-electron chi connectivity index (χ2n) is 5.18. The Labute approximate surface area is 131 Å². The van der Waals surface area contributed by atoms with Crippen molar-refractivity contribution in [3.63, 3.8) is 0 Å². The minimum atomic E-state index is -2.65. The van der Waals surface area contributed by atoms with Gasteiger partial charge in [-0.15, -0.1) is 0 Å². The Morgan fingerprint density at radius 3 is 2.57 bits per heavy atom. The maximum absolute atomic E-state index is 13.1. The minimum absolute atomic E-state index is 0.172. The Balaban J connectivity index is 2.06. The monoisotopic (exact) mass is 332 g/mol. The lowest BCUT2D eigenvalue weighted by Gasteiger charge is -2.27. The third-order valence-corrected chi connectivity index (χ3v) is 4.16. The van der Waals surface area contributed by atoms with E-state index in [1.54, 1.807) is 18.2 Å². The third kappa shape index (κ3) is 4.11. The summed E-state index contributed by atoms with van der Waals surface area (Å²) in [6.07, 6.45) is -0.172. The summed E-state index contributed by atoms with van der Waals surface area (Å²) in [4.78, 5) is 12.3. The zero-order chi connectivity index (χ0) is 15.6. The van der Waals surface area contributed by atoms with Gasteiger partial charge in [0.05, 0.1) is 10.7 Å². The second-order valence-corrected chi connectivity index (χ2v) is 6.03. The molecule has 0 aromatic heterocycles. The molecule has 0 atom stereocenters. The van der Waals surface area contributed by atoms with E-state index in [4.69, 9.17) is 29.6 Å². The number of hydrogen-bond acceptors (Lipinski definition) is 2. The van der Waals surface area contributed by atoms with Crippen LogP contribution in [-0.4, -0.2) is 16.8 Å².